The number of carbonyl (C=O) groups excluding carboxylic acids is 1. The van der Waals surface area contributed by atoms with Crippen molar-refractivity contribution in [2.75, 3.05) is 7.05 Å². The van der Waals surface area contributed by atoms with Crippen LogP contribution in [0.15, 0.2) is 0 Å². The molecule has 1 saturated heterocycles. The Morgan fingerprint density at radius 2 is 2.30 bits per heavy atom. The van der Waals surface area contributed by atoms with Gasteiger partial charge in [-0.3, -0.25) is 9.69 Å². The molecule has 5 heteroatoms. The summed E-state index contributed by atoms with van der Waals surface area (Å²) >= 11 is 0. The number of likely N-dealkylation sites (N-methyl/N-ethyl adjacent to an activating group) is 1. The molecular formula is C5H10N2O3. The van der Waals surface area contributed by atoms with E-state index in [4.69, 9.17) is 15.9 Å². The van der Waals surface area contributed by atoms with Crippen molar-refractivity contribution in [1.82, 2.24) is 4.90 Å². The number of amides is 1. The Bertz CT molecular complexity index is 168. The van der Waals surface area contributed by atoms with Gasteiger partial charge in [-0.25, -0.2) is 0 Å². The van der Waals surface area contributed by atoms with Crippen molar-refractivity contribution < 1.29 is 15.0 Å². The van der Waals surface area contributed by atoms with E-state index in [-0.39, 0.29) is 6.42 Å². The second-order valence-corrected chi connectivity index (χ2v) is 2.48. The summed E-state index contributed by atoms with van der Waals surface area (Å²) in [5.74, 6) is -2.48. The second-order valence-electron chi connectivity index (χ2n) is 2.48. The lowest BCUT2D eigenvalue weighted by molar-refractivity contribution is -0.234. The van der Waals surface area contributed by atoms with Crippen molar-refractivity contribution in [3.05, 3.63) is 0 Å². The first-order valence-electron chi connectivity index (χ1n) is 2.93. The van der Waals surface area contributed by atoms with E-state index in [1.54, 1.807) is 0 Å². The Hall–Kier alpha value is -0.650. The molecule has 0 spiro atoms. The molecule has 1 atom stereocenters. The van der Waals surface area contributed by atoms with E-state index in [1.807, 2.05) is 0 Å². The first-order chi connectivity index (χ1) is 4.45. The zero-order valence-corrected chi connectivity index (χ0v) is 5.61. The van der Waals surface area contributed by atoms with E-state index in [9.17, 15) is 4.79 Å². The van der Waals surface area contributed by atoms with Crippen molar-refractivity contribution >= 4 is 5.91 Å². The summed E-state index contributed by atoms with van der Waals surface area (Å²) in [4.78, 5) is 11.6. The lowest BCUT2D eigenvalue weighted by Crippen LogP contribution is -2.42. The van der Waals surface area contributed by atoms with Gasteiger partial charge in [0.1, 0.15) is 0 Å². The average Bonchev–Trinajstić information content (AvgIpc) is 1.95. The van der Waals surface area contributed by atoms with Crippen LogP contribution in [0.5, 0.6) is 0 Å². The van der Waals surface area contributed by atoms with Crippen LogP contribution in [0.3, 0.4) is 0 Å². The van der Waals surface area contributed by atoms with Gasteiger partial charge in [0.25, 0.3) is 5.91 Å². The summed E-state index contributed by atoms with van der Waals surface area (Å²) in [6.07, 6.45) is -0.123. The summed E-state index contributed by atoms with van der Waals surface area (Å²) in [5.41, 5.74) is 5.23. The monoisotopic (exact) mass is 146 g/mol. The number of aliphatic hydroxyl groups is 2. The number of hydrogen-bond donors (Lipinski definition) is 3. The lowest BCUT2D eigenvalue weighted by Gasteiger charge is -2.22. The van der Waals surface area contributed by atoms with Gasteiger partial charge in [-0.05, 0) is 0 Å². The van der Waals surface area contributed by atoms with Crippen molar-refractivity contribution in [1.29, 1.82) is 0 Å². The zero-order valence-electron chi connectivity index (χ0n) is 5.61. The SMILES string of the molecule is CN1C(=O)C(N)CC1(O)O. The van der Waals surface area contributed by atoms with Crippen LogP contribution in [0, 0.1) is 0 Å². The molecule has 0 radical (unpaired) electrons. The molecule has 0 aromatic carbocycles. The molecule has 1 aliphatic heterocycles. The van der Waals surface area contributed by atoms with Gasteiger partial charge < -0.3 is 15.9 Å². The van der Waals surface area contributed by atoms with Crippen molar-refractivity contribution in [2.24, 2.45) is 5.73 Å². The predicted octanol–water partition coefficient (Wildman–Crippen LogP) is -2.19. The molecule has 5 nitrogen and oxygen atoms in total. The lowest BCUT2D eigenvalue weighted by atomic mass is 10.2. The van der Waals surface area contributed by atoms with Gasteiger partial charge in [-0.2, -0.15) is 0 Å². The molecule has 4 N–H and O–H groups in total. The summed E-state index contributed by atoms with van der Waals surface area (Å²) < 4.78 is 0. The molecule has 58 valence electrons. The number of nitrogens with two attached hydrogens (primary N) is 1. The number of nitrogens with zero attached hydrogens (tertiary/aromatic N) is 1. The highest BCUT2D eigenvalue weighted by Crippen LogP contribution is 2.21. The first-order valence-corrected chi connectivity index (χ1v) is 2.93. The van der Waals surface area contributed by atoms with Crippen LogP contribution < -0.4 is 5.73 Å². The third kappa shape index (κ3) is 0.880. The largest absolute Gasteiger partial charge is 0.349 e. The van der Waals surface area contributed by atoms with E-state index >= 15 is 0 Å². The van der Waals surface area contributed by atoms with E-state index < -0.39 is 17.9 Å². The van der Waals surface area contributed by atoms with Crippen molar-refractivity contribution in [2.45, 2.75) is 18.4 Å². The first kappa shape index (κ1) is 7.46. The summed E-state index contributed by atoms with van der Waals surface area (Å²) in [7, 11) is 1.30. The molecule has 1 unspecified atom stereocenters. The Morgan fingerprint density at radius 1 is 1.80 bits per heavy atom. The van der Waals surface area contributed by atoms with Crippen LogP contribution in [0.4, 0.5) is 0 Å². The average molecular weight is 146 g/mol. The van der Waals surface area contributed by atoms with E-state index in [2.05, 4.69) is 0 Å². The van der Waals surface area contributed by atoms with Gasteiger partial charge in [-0.1, -0.05) is 0 Å². The van der Waals surface area contributed by atoms with Crippen LogP contribution in [0.25, 0.3) is 0 Å². The number of carbonyl (C=O) groups is 1. The molecule has 1 aliphatic rings. The topological polar surface area (TPSA) is 86.8 Å². The summed E-state index contributed by atoms with van der Waals surface area (Å²) in [6, 6.07) is -0.778. The minimum atomic E-state index is -2.05. The van der Waals surface area contributed by atoms with Crippen LogP contribution in [-0.4, -0.2) is 40.0 Å². The highest BCUT2D eigenvalue weighted by atomic mass is 16.5. The Kier molecular flexibility index (Phi) is 1.43. The summed E-state index contributed by atoms with van der Waals surface area (Å²) in [5, 5.41) is 18.0. The molecule has 0 aromatic heterocycles. The van der Waals surface area contributed by atoms with E-state index in [1.165, 1.54) is 7.05 Å². The molecule has 10 heavy (non-hydrogen) atoms. The molecule has 1 rings (SSSR count). The molecule has 0 aliphatic carbocycles. The zero-order chi connectivity index (χ0) is 7.94. The molecule has 1 heterocycles. The van der Waals surface area contributed by atoms with Gasteiger partial charge in [0, 0.05) is 13.5 Å². The molecule has 0 aromatic rings. The summed E-state index contributed by atoms with van der Waals surface area (Å²) in [6.45, 7) is 0. The van der Waals surface area contributed by atoms with Gasteiger partial charge in [-0.15, -0.1) is 0 Å². The van der Waals surface area contributed by atoms with Crippen LogP contribution >= 0.6 is 0 Å². The van der Waals surface area contributed by atoms with E-state index in [0.717, 1.165) is 4.90 Å². The quantitative estimate of drug-likeness (QED) is 0.339. The molecular weight excluding hydrogens is 136 g/mol. The van der Waals surface area contributed by atoms with Crippen molar-refractivity contribution in [3.63, 3.8) is 0 Å². The molecule has 0 bridgehead atoms. The fourth-order valence-corrected chi connectivity index (χ4v) is 0.944. The normalized spacial score (nSPS) is 31.4. The van der Waals surface area contributed by atoms with Gasteiger partial charge >= 0.3 is 0 Å². The van der Waals surface area contributed by atoms with E-state index in [0.29, 0.717) is 0 Å². The van der Waals surface area contributed by atoms with Crippen LogP contribution in [0.2, 0.25) is 0 Å². The molecule has 1 fully saturated rings. The Morgan fingerprint density at radius 3 is 2.40 bits per heavy atom. The number of rotatable bonds is 0. The second kappa shape index (κ2) is 1.91. The maximum Gasteiger partial charge on any atom is 0.250 e. The standard InChI is InChI=1S/C5H10N2O3/c1-7-4(8)3(6)2-5(7,9)10/h3,9-10H,2,6H2,1H3. The Labute approximate surface area is 58.0 Å². The minimum absolute atomic E-state index is 0.123. The maximum atomic E-state index is 10.8. The predicted molar refractivity (Wildman–Crippen MR) is 32.5 cm³/mol. The van der Waals surface area contributed by atoms with Crippen LogP contribution in [0.1, 0.15) is 6.42 Å². The minimum Gasteiger partial charge on any atom is -0.349 e. The fourth-order valence-electron chi connectivity index (χ4n) is 0.944. The highest BCUT2D eigenvalue weighted by Gasteiger charge is 2.45. The van der Waals surface area contributed by atoms with Crippen LogP contribution in [-0.2, 0) is 4.79 Å². The fraction of sp³-hybridized carbons (Fsp3) is 0.800. The van der Waals surface area contributed by atoms with Gasteiger partial charge in [0.05, 0.1) is 6.04 Å². The highest BCUT2D eigenvalue weighted by molar-refractivity contribution is 5.84. The van der Waals surface area contributed by atoms with Crippen molar-refractivity contribution in [3.8, 4) is 0 Å². The maximum absolute atomic E-state index is 10.8. The number of hydrogen-bond acceptors (Lipinski definition) is 4. The molecule has 0 saturated carbocycles. The van der Waals surface area contributed by atoms with Gasteiger partial charge in [0.2, 0.25) is 5.91 Å². The third-order valence-corrected chi connectivity index (χ3v) is 1.68. The Balaban J connectivity index is 2.81. The van der Waals surface area contributed by atoms with Gasteiger partial charge in [0.15, 0.2) is 0 Å². The third-order valence-electron chi connectivity index (χ3n) is 1.68. The smallest absolute Gasteiger partial charge is 0.250 e. The molecule has 1 amide bonds. The number of likely N-dealkylation sites (tertiary alicyclic amines) is 1.